The van der Waals surface area contributed by atoms with Crippen LogP contribution in [0.15, 0.2) is 152 Å². The normalized spacial score (nSPS) is 11.3. The Balaban J connectivity index is 1.32. The van der Waals surface area contributed by atoms with Gasteiger partial charge < -0.3 is 9.67 Å². The maximum absolute atomic E-state index is 11.2. The highest BCUT2D eigenvalue weighted by Gasteiger charge is 2.17. The molecule has 0 aliphatic heterocycles. The highest BCUT2D eigenvalue weighted by atomic mass is 16.3. The van der Waals surface area contributed by atoms with Crippen LogP contribution in [0, 0.1) is 0 Å². The van der Waals surface area contributed by atoms with Gasteiger partial charge in [0.1, 0.15) is 5.75 Å². The molecular formula is C39H26N4O. The Labute approximate surface area is 254 Å². The number of rotatable bonds is 5. The third-order valence-corrected chi connectivity index (χ3v) is 7.94. The van der Waals surface area contributed by atoms with E-state index in [-0.39, 0.29) is 5.75 Å². The average molecular weight is 567 g/mol. The number of hydrogen-bond acceptors (Lipinski definition) is 4. The molecular weight excluding hydrogens is 540 g/mol. The summed E-state index contributed by atoms with van der Waals surface area (Å²) < 4.78 is 2.19. The van der Waals surface area contributed by atoms with E-state index in [2.05, 4.69) is 41.0 Å². The maximum atomic E-state index is 11.2. The Morgan fingerprint density at radius 3 is 1.57 bits per heavy atom. The van der Waals surface area contributed by atoms with Crippen LogP contribution in [-0.2, 0) is 0 Å². The van der Waals surface area contributed by atoms with Crippen molar-refractivity contribution in [2.45, 2.75) is 0 Å². The zero-order valence-electron chi connectivity index (χ0n) is 23.7. The van der Waals surface area contributed by atoms with Crippen molar-refractivity contribution in [1.29, 1.82) is 0 Å². The van der Waals surface area contributed by atoms with E-state index in [0.29, 0.717) is 17.5 Å². The van der Waals surface area contributed by atoms with Gasteiger partial charge in [0.2, 0.25) is 0 Å². The van der Waals surface area contributed by atoms with Crippen LogP contribution in [0.25, 0.3) is 72.8 Å². The number of benzene rings is 6. The zero-order valence-corrected chi connectivity index (χ0v) is 23.7. The summed E-state index contributed by atoms with van der Waals surface area (Å²) in [6, 6.07) is 50.5. The molecule has 0 bridgehead atoms. The van der Waals surface area contributed by atoms with Gasteiger partial charge in [-0.15, -0.1) is 0 Å². The molecule has 0 unspecified atom stereocenters. The number of phenols is 1. The minimum atomic E-state index is 0.237. The molecule has 6 aromatic carbocycles. The van der Waals surface area contributed by atoms with E-state index in [9.17, 15) is 5.11 Å². The molecule has 2 heterocycles. The molecule has 5 nitrogen and oxygen atoms in total. The number of para-hydroxylation sites is 1. The van der Waals surface area contributed by atoms with E-state index in [4.69, 9.17) is 15.0 Å². The standard InChI is InChI=1S/C39H26N4O/c44-36-25-35-33(24-32(36)26-13-4-1-5-14-26)31-21-10-11-22-34(31)43(35)30-20-12-19-29(23-30)39-41-37(27-15-6-2-7-16-27)40-38(42-39)28-17-8-3-9-18-28/h1-25,44H. The lowest BCUT2D eigenvalue weighted by Gasteiger charge is -2.12. The number of aromatic nitrogens is 4. The molecule has 5 heteroatoms. The summed E-state index contributed by atoms with van der Waals surface area (Å²) in [5.74, 6) is 2.07. The fourth-order valence-electron chi connectivity index (χ4n) is 5.85. The van der Waals surface area contributed by atoms with Gasteiger partial charge in [0.25, 0.3) is 0 Å². The van der Waals surface area contributed by atoms with Crippen LogP contribution in [-0.4, -0.2) is 24.6 Å². The lowest BCUT2D eigenvalue weighted by atomic mass is 10.0. The summed E-state index contributed by atoms with van der Waals surface area (Å²) in [6.07, 6.45) is 0. The minimum absolute atomic E-state index is 0.237. The summed E-state index contributed by atoms with van der Waals surface area (Å²) in [6.45, 7) is 0. The Kier molecular flexibility index (Phi) is 6.20. The number of aromatic hydroxyl groups is 1. The fourth-order valence-corrected chi connectivity index (χ4v) is 5.85. The van der Waals surface area contributed by atoms with Gasteiger partial charge in [-0.25, -0.2) is 15.0 Å². The van der Waals surface area contributed by atoms with Gasteiger partial charge in [-0.2, -0.15) is 0 Å². The van der Waals surface area contributed by atoms with Crippen molar-refractivity contribution in [1.82, 2.24) is 19.5 Å². The van der Waals surface area contributed by atoms with Crippen molar-refractivity contribution in [3.8, 4) is 56.7 Å². The second-order valence-electron chi connectivity index (χ2n) is 10.7. The highest BCUT2D eigenvalue weighted by molar-refractivity contribution is 6.11. The zero-order chi connectivity index (χ0) is 29.5. The summed E-state index contributed by atoms with van der Waals surface area (Å²) in [7, 11) is 0. The van der Waals surface area contributed by atoms with Crippen LogP contribution >= 0.6 is 0 Å². The second kappa shape index (κ2) is 10.6. The Hall–Kier alpha value is -6.07. The van der Waals surface area contributed by atoms with Gasteiger partial charge >= 0.3 is 0 Å². The molecule has 0 saturated heterocycles. The molecule has 2 aromatic heterocycles. The van der Waals surface area contributed by atoms with Gasteiger partial charge in [0.15, 0.2) is 17.5 Å². The van der Waals surface area contributed by atoms with E-state index >= 15 is 0 Å². The van der Waals surface area contributed by atoms with Gasteiger partial charge in [0.05, 0.1) is 11.0 Å². The molecule has 44 heavy (non-hydrogen) atoms. The average Bonchev–Trinajstić information content (AvgIpc) is 3.42. The first-order chi connectivity index (χ1) is 21.7. The van der Waals surface area contributed by atoms with E-state index in [0.717, 1.165) is 55.3 Å². The fraction of sp³-hybridized carbons (Fsp3) is 0. The van der Waals surface area contributed by atoms with Crippen LogP contribution in [0.5, 0.6) is 5.75 Å². The number of nitrogens with zero attached hydrogens (tertiary/aromatic N) is 4. The first-order valence-electron chi connectivity index (χ1n) is 14.5. The maximum Gasteiger partial charge on any atom is 0.164 e. The Morgan fingerprint density at radius 1 is 0.409 bits per heavy atom. The topological polar surface area (TPSA) is 63.8 Å². The molecule has 0 atom stereocenters. The van der Waals surface area contributed by atoms with E-state index in [1.807, 2.05) is 115 Å². The van der Waals surface area contributed by atoms with E-state index < -0.39 is 0 Å². The predicted molar refractivity (Wildman–Crippen MR) is 178 cm³/mol. The first kappa shape index (κ1) is 25.6. The molecule has 1 N–H and O–H groups in total. The molecule has 8 aromatic rings. The van der Waals surface area contributed by atoms with Crippen molar-refractivity contribution >= 4 is 21.8 Å². The van der Waals surface area contributed by atoms with Gasteiger partial charge in [-0.05, 0) is 29.8 Å². The minimum Gasteiger partial charge on any atom is -0.507 e. The van der Waals surface area contributed by atoms with Crippen molar-refractivity contribution in [2.24, 2.45) is 0 Å². The Bertz CT molecular complexity index is 2220. The molecule has 0 aliphatic rings. The van der Waals surface area contributed by atoms with Crippen LogP contribution in [0.1, 0.15) is 0 Å². The highest BCUT2D eigenvalue weighted by Crippen LogP contribution is 2.40. The number of hydrogen-bond donors (Lipinski definition) is 1. The van der Waals surface area contributed by atoms with Crippen LogP contribution < -0.4 is 0 Å². The lowest BCUT2D eigenvalue weighted by molar-refractivity contribution is 0.478. The largest absolute Gasteiger partial charge is 0.507 e. The molecule has 0 fully saturated rings. The third kappa shape index (κ3) is 4.48. The second-order valence-corrected chi connectivity index (χ2v) is 10.7. The number of fused-ring (bicyclic) bond motifs is 3. The van der Waals surface area contributed by atoms with Crippen LogP contribution in [0.2, 0.25) is 0 Å². The SMILES string of the molecule is Oc1cc2c(cc1-c1ccccc1)c1ccccc1n2-c1cccc(-c2nc(-c3ccccc3)nc(-c3ccccc3)n2)c1. The van der Waals surface area contributed by atoms with Crippen molar-refractivity contribution in [3.63, 3.8) is 0 Å². The summed E-state index contributed by atoms with van der Waals surface area (Å²) >= 11 is 0. The molecule has 0 aliphatic carbocycles. The molecule has 208 valence electrons. The van der Waals surface area contributed by atoms with Gasteiger partial charge in [0, 0.05) is 44.8 Å². The third-order valence-electron chi connectivity index (χ3n) is 7.94. The quantitative estimate of drug-likeness (QED) is 0.225. The van der Waals surface area contributed by atoms with E-state index in [1.165, 1.54) is 0 Å². The summed E-state index contributed by atoms with van der Waals surface area (Å²) in [5, 5.41) is 13.4. The molecule has 0 saturated carbocycles. The molecule has 0 radical (unpaired) electrons. The predicted octanol–water partition coefficient (Wildman–Crippen LogP) is 9.34. The Morgan fingerprint density at radius 2 is 0.932 bits per heavy atom. The van der Waals surface area contributed by atoms with Crippen LogP contribution in [0.4, 0.5) is 0 Å². The molecule has 0 spiro atoms. The monoisotopic (exact) mass is 566 g/mol. The number of phenolic OH excluding ortho intramolecular Hbond substituents is 1. The summed E-state index contributed by atoms with van der Waals surface area (Å²) in [4.78, 5) is 14.7. The van der Waals surface area contributed by atoms with Crippen molar-refractivity contribution < 1.29 is 5.11 Å². The van der Waals surface area contributed by atoms with Crippen molar-refractivity contribution in [3.05, 3.63) is 152 Å². The molecule has 0 amide bonds. The summed E-state index contributed by atoms with van der Waals surface area (Å²) in [5.41, 5.74) is 7.43. The lowest BCUT2D eigenvalue weighted by Crippen LogP contribution is -2.01. The van der Waals surface area contributed by atoms with Crippen LogP contribution in [0.3, 0.4) is 0 Å². The smallest absolute Gasteiger partial charge is 0.164 e. The van der Waals surface area contributed by atoms with Gasteiger partial charge in [-0.3, -0.25) is 0 Å². The van der Waals surface area contributed by atoms with E-state index in [1.54, 1.807) is 0 Å². The first-order valence-corrected chi connectivity index (χ1v) is 14.5. The van der Waals surface area contributed by atoms with Crippen molar-refractivity contribution in [2.75, 3.05) is 0 Å². The molecule has 8 rings (SSSR count). The van der Waals surface area contributed by atoms with Gasteiger partial charge in [-0.1, -0.05) is 121 Å².